The summed E-state index contributed by atoms with van der Waals surface area (Å²) in [6.07, 6.45) is 1.17. The van der Waals surface area contributed by atoms with Crippen molar-refractivity contribution in [1.82, 2.24) is 0 Å². The van der Waals surface area contributed by atoms with Crippen LogP contribution in [-0.2, 0) is 0 Å². The largest absolute Gasteiger partial charge is 0.492 e. The lowest BCUT2D eigenvalue weighted by atomic mass is 10.2. The maximum absolute atomic E-state index is 5.66. The molecule has 0 atom stereocenters. The van der Waals surface area contributed by atoms with Crippen molar-refractivity contribution in [3.05, 3.63) is 18.2 Å². The number of hydrogen-bond donors (Lipinski definition) is 1. The Kier molecular flexibility index (Phi) is 3.54. The lowest BCUT2D eigenvalue weighted by Crippen LogP contribution is -2.23. The van der Waals surface area contributed by atoms with Gasteiger partial charge in [-0.15, -0.1) is 0 Å². The zero-order chi connectivity index (χ0) is 11.4. The number of fused-ring (bicyclic) bond motifs is 1. The number of para-hydroxylation sites is 1. The molecule has 0 bridgehead atoms. The van der Waals surface area contributed by atoms with Crippen molar-refractivity contribution in [2.75, 3.05) is 36.5 Å². The fourth-order valence-corrected chi connectivity index (χ4v) is 2.17. The minimum Gasteiger partial charge on any atom is -0.492 e. The molecule has 3 nitrogen and oxygen atoms in total. The number of benzene rings is 1. The van der Waals surface area contributed by atoms with Crippen LogP contribution >= 0.6 is 0 Å². The first-order valence-electron chi connectivity index (χ1n) is 6.11. The molecule has 0 radical (unpaired) electrons. The molecule has 2 rings (SSSR count). The van der Waals surface area contributed by atoms with Gasteiger partial charge in [0, 0.05) is 19.6 Å². The summed E-state index contributed by atoms with van der Waals surface area (Å²) < 4.78 is 5.66. The van der Waals surface area contributed by atoms with Gasteiger partial charge < -0.3 is 15.0 Å². The van der Waals surface area contributed by atoms with Crippen LogP contribution in [0.4, 0.5) is 11.4 Å². The van der Waals surface area contributed by atoms with E-state index in [-0.39, 0.29) is 0 Å². The van der Waals surface area contributed by atoms with Crippen molar-refractivity contribution in [3.8, 4) is 5.75 Å². The summed E-state index contributed by atoms with van der Waals surface area (Å²) in [6, 6.07) is 6.27. The molecule has 1 aromatic carbocycles. The van der Waals surface area contributed by atoms with Gasteiger partial charge in [-0.1, -0.05) is 6.07 Å². The third kappa shape index (κ3) is 2.08. The number of nitrogens with one attached hydrogen (secondary N) is 1. The molecule has 0 amide bonds. The van der Waals surface area contributed by atoms with Crippen LogP contribution in [0.3, 0.4) is 0 Å². The van der Waals surface area contributed by atoms with E-state index in [1.807, 2.05) is 13.0 Å². The number of anilines is 2. The Labute approximate surface area is 97.4 Å². The Morgan fingerprint density at radius 2 is 2.25 bits per heavy atom. The first-order valence-corrected chi connectivity index (χ1v) is 6.11. The van der Waals surface area contributed by atoms with Gasteiger partial charge in [0.15, 0.2) is 0 Å². The molecule has 0 aromatic heterocycles. The Morgan fingerprint density at radius 1 is 1.38 bits per heavy atom. The van der Waals surface area contributed by atoms with Gasteiger partial charge in [-0.05, 0) is 32.4 Å². The SMILES string of the molecule is CCOc1cccc2c1NCCCN2CC. The van der Waals surface area contributed by atoms with Crippen LogP contribution in [0.5, 0.6) is 5.75 Å². The van der Waals surface area contributed by atoms with Crippen molar-refractivity contribution in [2.45, 2.75) is 20.3 Å². The molecule has 1 heterocycles. The van der Waals surface area contributed by atoms with E-state index in [0.29, 0.717) is 6.61 Å². The fourth-order valence-electron chi connectivity index (χ4n) is 2.17. The number of ether oxygens (including phenoxy) is 1. The third-order valence-electron chi connectivity index (χ3n) is 2.93. The number of hydrogen-bond acceptors (Lipinski definition) is 3. The van der Waals surface area contributed by atoms with Gasteiger partial charge in [0.25, 0.3) is 0 Å². The second-order valence-electron chi connectivity index (χ2n) is 3.94. The van der Waals surface area contributed by atoms with E-state index in [1.165, 1.54) is 12.1 Å². The Hall–Kier alpha value is -1.38. The van der Waals surface area contributed by atoms with Crippen LogP contribution in [0.1, 0.15) is 20.3 Å². The average molecular weight is 220 g/mol. The second kappa shape index (κ2) is 5.10. The van der Waals surface area contributed by atoms with Crippen LogP contribution < -0.4 is 15.0 Å². The molecule has 0 unspecified atom stereocenters. The number of nitrogens with zero attached hydrogens (tertiary/aromatic N) is 1. The molecule has 16 heavy (non-hydrogen) atoms. The van der Waals surface area contributed by atoms with E-state index in [2.05, 4.69) is 29.3 Å². The standard InChI is InChI=1S/C13H20N2O/c1-3-15-10-6-9-14-13-11(15)7-5-8-12(13)16-4-2/h5,7-8,14H,3-4,6,9-10H2,1-2H3. The summed E-state index contributed by atoms with van der Waals surface area (Å²) >= 11 is 0. The van der Waals surface area contributed by atoms with Crippen molar-refractivity contribution < 1.29 is 4.74 Å². The quantitative estimate of drug-likeness (QED) is 0.847. The highest BCUT2D eigenvalue weighted by Crippen LogP contribution is 2.36. The molecule has 3 heteroatoms. The molecule has 1 aromatic rings. The molecule has 1 aliphatic heterocycles. The maximum Gasteiger partial charge on any atom is 0.144 e. The zero-order valence-electron chi connectivity index (χ0n) is 10.1. The van der Waals surface area contributed by atoms with E-state index >= 15 is 0 Å². The van der Waals surface area contributed by atoms with Crippen LogP contribution in [0.15, 0.2) is 18.2 Å². The summed E-state index contributed by atoms with van der Waals surface area (Å²) in [4.78, 5) is 2.40. The molecule has 0 spiro atoms. The summed E-state index contributed by atoms with van der Waals surface area (Å²) in [5.41, 5.74) is 2.43. The van der Waals surface area contributed by atoms with E-state index in [9.17, 15) is 0 Å². The lowest BCUT2D eigenvalue weighted by molar-refractivity contribution is 0.342. The molecule has 0 saturated heterocycles. The molecule has 0 aliphatic carbocycles. The van der Waals surface area contributed by atoms with Crippen molar-refractivity contribution in [2.24, 2.45) is 0 Å². The zero-order valence-corrected chi connectivity index (χ0v) is 10.1. The third-order valence-corrected chi connectivity index (χ3v) is 2.93. The maximum atomic E-state index is 5.66. The van der Waals surface area contributed by atoms with Crippen molar-refractivity contribution in [3.63, 3.8) is 0 Å². The fraction of sp³-hybridized carbons (Fsp3) is 0.538. The monoisotopic (exact) mass is 220 g/mol. The smallest absolute Gasteiger partial charge is 0.144 e. The highest BCUT2D eigenvalue weighted by atomic mass is 16.5. The normalized spacial score (nSPS) is 15.0. The van der Waals surface area contributed by atoms with E-state index in [4.69, 9.17) is 4.74 Å². The van der Waals surface area contributed by atoms with E-state index in [1.54, 1.807) is 0 Å². The Morgan fingerprint density at radius 3 is 3.00 bits per heavy atom. The molecular formula is C13H20N2O. The van der Waals surface area contributed by atoms with Crippen LogP contribution in [0, 0.1) is 0 Å². The van der Waals surface area contributed by atoms with Gasteiger partial charge in [-0.25, -0.2) is 0 Å². The van der Waals surface area contributed by atoms with Crippen LogP contribution in [-0.4, -0.2) is 26.2 Å². The number of rotatable bonds is 3. The molecular weight excluding hydrogens is 200 g/mol. The van der Waals surface area contributed by atoms with E-state index < -0.39 is 0 Å². The van der Waals surface area contributed by atoms with Crippen LogP contribution in [0.25, 0.3) is 0 Å². The average Bonchev–Trinajstić information content (AvgIpc) is 2.52. The predicted octanol–water partition coefficient (Wildman–Crippen LogP) is 2.73. The first-order chi connectivity index (χ1) is 7.86. The molecule has 0 saturated carbocycles. The predicted molar refractivity (Wildman–Crippen MR) is 68.6 cm³/mol. The summed E-state index contributed by atoms with van der Waals surface area (Å²) in [7, 11) is 0. The van der Waals surface area contributed by atoms with E-state index in [0.717, 1.165) is 31.1 Å². The van der Waals surface area contributed by atoms with Crippen LogP contribution in [0.2, 0.25) is 0 Å². The van der Waals surface area contributed by atoms with Crippen molar-refractivity contribution in [1.29, 1.82) is 0 Å². The summed E-state index contributed by atoms with van der Waals surface area (Å²) in [5, 5.41) is 3.48. The Bertz CT molecular complexity index is 352. The molecule has 1 N–H and O–H groups in total. The van der Waals surface area contributed by atoms with Crippen molar-refractivity contribution >= 4 is 11.4 Å². The second-order valence-corrected chi connectivity index (χ2v) is 3.94. The molecule has 88 valence electrons. The summed E-state index contributed by atoms with van der Waals surface area (Å²) in [6.45, 7) is 8.12. The highest BCUT2D eigenvalue weighted by Gasteiger charge is 2.16. The minimum atomic E-state index is 0.713. The molecule has 0 fully saturated rings. The highest BCUT2D eigenvalue weighted by molar-refractivity contribution is 5.77. The first kappa shape index (κ1) is 11.1. The lowest BCUT2D eigenvalue weighted by Gasteiger charge is -2.23. The summed E-state index contributed by atoms with van der Waals surface area (Å²) in [5.74, 6) is 0.973. The van der Waals surface area contributed by atoms with Gasteiger partial charge in [-0.2, -0.15) is 0 Å². The van der Waals surface area contributed by atoms with Gasteiger partial charge in [0.2, 0.25) is 0 Å². The minimum absolute atomic E-state index is 0.713. The van der Waals surface area contributed by atoms with Gasteiger partial charge in [-0.3, -0.25) is 0 Å². The van der Waals surface area contributed by atoms with Gasteiger partial charge >= 0.3 is 0 Å². The van der Waals surface area contributed by atoms with Gasteiger partial charge in [0.1, 0.15) is 11.4 Å². The van der Waals surface area contributed by atoms with Gasteiger partial charge in [0.05, 0.1) is 12.3 Å². The topological polar surface area (TPSA) is 24.5 Å². The molecule has 1 aliphatic rings. The Balaban J connectivity index is 2.38.